The van der Waals surface area contributed by atoms with Crippen LogP contribution in [-0.2, 0) is 16.4 Å². The molecule has 0 radical (unpaired) electrons. The van der Waals surface area contributed by atoms with Crippen molar-refractivity contribution >= 4 is 27.1 Å². The molecule has 0 fully saturated rings. The summed E-state index contributed by atoms with van der Waals surface area (Å²) in [7, 11) is -3.54. The standard InChI is InChI=1S/C16H15NO3S2/c1-10-5-6-15(21-10)22(19,20)17-8-7-11-3-2-4-12-14(18)9-13(17)16(11)12/h2-6,13H,7-9H2,1H3. The van der Waals surface area contributed by atoms with Gasteiger partial charge >= 0.3 is 0 Å². The molecule has 4 nitrogen and oxygen atoms in total. The largest absolute Gasteiger partial charge is 0.294 e. The van der Waals surface area contributed by atoms with Gasteiger partial charge in [-0.05, 0) is 36.6 Å². The fourth-order valence-electron chi connectivity index (χ4n) is 3.44. The molecule has 0 N–H and O–H groups in total. The molecular weight excluding hydrogens is 318 g/mol. The number of sulfonamides is 1. The summed E-state index contributed by atoms with van der Waals surface area (Å²) in [6.07, 6.45) is 0.923. The molecular formula is C16H15NO3S2. The smallest absolute Gasteiger partial charge is 0.253 e. The second-order valence-electron chi connectivity index (χ2n) is 5.75. The number of hydrogen-bond acceptors (Lipinski definition) is 4. The van der Waals surface area contributed by atoms with E-state index in [9.17, 15) is 13.2 Å². The maximum Gasteiger partial charge on any atom is 0.253 e. The summed E-state index contributed by atoms with van der Waals surface area (Å²) in [4.78, 5) is 13.2. The van der Waals surface area contributed by atoms with Gasteiger partial charge in [-0.1, -0.05) is 18.2 Å². The number of benzene rings is 1. The van der Waals surface area contributed by atoms with Crippen molar-refractivity contribution in [1.82, 2.24) is 4.31 Å². The lowest BCUT2D eigenvalue weighted by atomic mass is 9.95. The lowest BCUT2D eigenvalue weighted by Crippen LogP contribution is -2.38. The third-order valence-electron chi connectivity index (χ3n) is 4.44. The minimum atomic E-state index is -3.54. The first-order valence-electron chi connectivity index (χ1n) is 7.22. The van der Waals surface area contributed by atoms with E-state index in [1.165, 1.54) is 15.6 Å². The number of aryl methyl sites for hydroxylation is 1. The van der Waals surface area contributed by atoms with E-state index in [2.05, 4.69) is 0 Å². The molecule has 2 aromatic rings. The number of thiophene rings is 1. The number of nitrogens with zero attached hydrogens (tertiary/aromatic N) is 1. The summed E-state index contributed by atoms with van der Waals surface area (Å²) in [5, 5.41) is 0. The lowest BCUT2D eigenvalue weighted by Gasteiger charge is -2.33. The van der Waals surface area contributed by atoms with Gasteiger partial charge in [0, 0.05) is 23.4 Å². The van der Waals surface area contributed by atoms with Gasteiger partial charge in [0.2, 0.25) is 0 Å². The summed E-state index contributed by atoms with van der Waals surface area (Å²) in [6, 6.07) is 8.85. The van der Waals surface area contributed by atoms with Crippen LogP contribution < -0.4 is 0 Å². The van der Waals surface area contributed by atoms with E-state index in [4.69, 9.17) is 0 Å². The number of Topliss-reactive ketones (excluding diaryl/α,β-unsaturated/α-hetero) is 1. The lowest BCUT2D eigenvalue weighted by molar-refractivity contribution is 0.0976. The summed E-state index contributed by atoms with van der Waals surface area (Å²) in [5.74, 6) is 0.0475. The monoisotopic (exact) mass is 333 g/mol. The molecule has 6 heteroatoms. The molecule has 0 bridgehead atoms. The number of rotatable bonds is 2. The predicted molar refractivity (Wildman–Crippen MR) is 84.8 cm³/mol. The molecule has 22 heavy (non-hydrogen) atoms. The van der Waals surface area contributed by atoms with Gasteiger partial charge in [0.15, 0.2) is 5.78 Å². The van der Waals surface area contributed by atoms with Crippen LogP contribution in [0.4, 0.5) is 0 Å². The van der Waals surface area contributed by atoms with Crippen LogP contribution in [0.25, 0.3) is 0 Å². The summed E-state index contributed by atoms with van der Waals surface area (Å²) in [6.45, 7) is 2.33. The average molecular weight is 333 g/mol. The third kappa shape index (κ3) is 1.91. The molecule has 0 amide bonds. The van der Waals surface area contributed by atoms with E-state index in [0.29, 0.717) is 22.7 Å². The first-order valence-corrected chi connectivity index (χ1v) is 9.47. The number of carbonyl (C=O) groups excluding carboxylic acids is 1. The SMILES string of the molecule is Cc1ccc(S(=O)(=O)N2CCc3cccc4c3C2CC4=O)s1. The van der Waals surface area contributed by atoms with Crippen LogP contribution in [0.15, 0.2) is 34.5 Å². The molecule has 0 spiro atoms. The van der Waals surface area contributed by atoms with Crippen molar-refractivity contribution in [1.29, 1.82) is 0 Å². The van der Waals surface area contributed by atoms with Crippen LogP contribution in [0.3, 0.4) is 0 Å². The fraction of sp³-hybridized carbons (Fsp3) is 0.312. The molecule has 2 aliphatic rings. The number of ketones is 1. The summed E-state index contributed by atoms with van der Waals surface area (Å²) >= 11 is 1.29. The zero-order chi connectivity index (χ0) is 15.5. The highest BCUT2D eigenvalue weighted by molar-refractivity contribution is 7.91. The Morgan fingerprint density at radius 2 is 2.05 bits per heavy atom. The maximum absolute atomic E-state index is 12.9. The van der Waals surface area contributed by atoms with Crippen molar-refractivity contribution in [2.75, 3.05) is 6.54 Å². The molecule has 2 heterocycles. The van der Waals surface area contributed by atoms with E-state index in [0.717, 1.165) is 16.0 Å². The summed E-state index contributed by atoms with van der Waals surface area (Å²) < 4.78 is 27.8. The Kier molecular flexibility index (Phi) is 3.04. The predicted octanol–water partition coefficient (Wildman–Crippen LogP) is 2.93. The Balaban J connectivity index is 1.82. The topological polar surface area (TPSA) is 54.5 Å². The summed E-state index contributed by atoms with van der Waals surface area (Å²) in [5.41, 5.74) is 2.74. The Labute approximate surface area is 133 Å². The van der Waals surface area contributed by atoms with Gasteiger partial charge in [-0.3, -0.25) is 4.79 Å². The Morgan fingerprint density at radius 3 is 2.77 bits per heavy atom. The van der Waals surface area contributed by atoms with Gasteiger partial charge in [0.05, 0.1) is 6.04 Å². The van der Waals surface area contributed by atoms with E-state index in [-0.39, 0.29) is 18.2 Å². The molecule has 1 aliphatic carbocycles. The Morgan fingerprint density at radius 1 is 1.23 bits per heavy atom. The maximum atomic E-state index is 12.9. The fourth-order valence-corrected chi connectivity index (χ4v) is 6.45. The molecule has 114 valence electrons. The zero-order valence-electron chi connectivity index (χ0n) is 12.1. The van der Waals surface area contributed by atoms with Gasteiger partial charge in [0.1, 0.15) is 4.21 Å². The highest BCUT2D eigenvalue weighted by atomic mass is 32.2. The van der Waals surface area contributed by atoms with Crippen LogP contribution in [0.1, 0.15) is 38.8 Å². The van der Waals surface area contributed by atoms with Gasteiger partial charge in [-0.2, -0.15) is 4.31 Å². The molecule has 1 aromatic heterocycles. The van der Waals surface area contributed by atoms with Crippen molar-refractivity contribution < 1.29 is 13.2 Å². The Hall–Kier alpha value is -1.50. The molecule has 1 aliphatic heterocycles. The van der Waals surface area contributed by atoms with Crippen molar-refractivity contribution in [3.8, 4) is 0 Å². The van der Waals surface area contributed by atoms with Crippen LogP contribution in [0, 0.1) is 6.92 Å². The quantitative estimate of drug-likeness (QED) is 0.849. The van der Waals surface area contributed by atoms with Crippen molar-refractivity contribution in [2.24, 2.45) is 0 Å². The second kappa shape index (κ2) is 4.75. The van der Waals surface area contributed by atoms with E-state index in [1.807, 2.05) is 31.2 Å². The minimum absolute atomic E-state index is 0.0475. The first kappa shape index (κ1) is 14.1. The number of hydrogen-bond donors (Lipinski definition) is 0. The molecule has 1 unspecified atom stereocenters. The van der Waals surface area contributed by atoms with Crippen LogP contribution in [0.5, 0.6) is 0 Å². The molecule has 1 atom stereocenters. The van der Waals surface area contributed by atoms with Gasteiger partial charge < -0.3 is 0 Å². The van der Waals surface area contributed by atoms with E-state index in [1.54, 1.807) is 6.07 Å². The van der Waals surface area contributed by atoms with Crippen molar-refractivity contribution in [3.05, 3.63) is 51.9 Å². The molecule has 1 aromatic carbocycles. The minimum Gasteiger partial charge on any atom is -0.294 e. The molecule has 0 saturated heterocycles. The molecule has 0 saturated carbocycles. The van der Waals surface area contributed by atoms with Crippen LogP contribution >= 0.6 is 11.3 Å². The highest BCUT2D eigenvalue weighted by Gasteiger charge is 2.43. The highest BCUT2D eigenvalue weighted by Crippen LogP contribution is 2.44. The average Bonchev–Trinajstić information content (AvgIpc) is 3.06. The van der Waals surface area contributed by atoms with E-state index >= 15 is 0 Å². The second-order valence-corrected chi connectivity index (χ2v) is 9.16. The van der Waals surface area contributed by atoms with Gasteiger partial charge in [0.25, 0.3) is 10.0 Å². The van der Waals surface area contributed by atoms with Crippen LogP contribution in [0.2, 0.25) is 0 Å². The third-order valence-corrected chi connectivity index (χ3v) is 7.81. The van der Waals surface area contributed by atoms with Gasteiger partial charge in [-0.25, -0.2) is 8.42 Å². The Bertz CT molecular complexity index is 883. The first-order chi connectivity index (χ1) is 10.5. The van der Waals surface area contributed by atoms with E-state index < -0.39 is 10.0 Å². The van der Waals surface area contributed by atoms with Crippen LogP contribution in [-0.4, -0.2) is 25.1 Å². The molecule has 4 rings (SSSR count). The van der Waals surface area contributed by atoms with Crippen molar-refractivity contribution in [2.45, 2.75) is 30.0 Å². The zero-order valence-corrected chi connectivity index (χ0v) is 13.7. The normalized spacial score (nSPS) is 21.1. The van der Waals surface area contributed by atoms with Crippen molar-refractivity contribution in [3.63, 3.8) is 0 Å². The number of carbonyl (C=O) groups is 1. The van der Waals surface area contributed by atoms with Gasteiger partial charge in [-0.15, -0.1) is 11.3 Å².